The van der Waals surface area contributed by atoms with Crippen LogP contribution in [0.5, 0.6) is 5.75 Å². The van der Waals surface area contributed by atoms with Crippen LogP contribution in [-0.4, -0.2) is 42.1 Å². The van der Waals surface area contributed by atoms with Crippen molar-refractivity contribution >= 4 is 5.91 Å². The number of para-hydroxylation sites is 1. The monoisotopic (exact) mass is 234 g/mol. The third-order valence-corrected chi connectivity index (χ3v) is 3.03. The zero-order chi connectivity index (χ0) is 12.1. The highest BCUT2D eigenvalue weighted by Crippen LogP contribution is 2.17. The van der Waals surface area contributed by atoms with Crippen LogP contribution in [0.2, 0.25) is 0 Å². The van der Waals surface area contributed by atoms with Crippen molar-refractivity contribution in [1.29, 1.82) is 0 Å². The molecule has 1 saturated heterocycles. The van der Waals surface area contributed by atoms with E-state index in [1.165, 1.54) is 0 Å². The van der Waals surface area contributed by atoms with Gasteiger partial charge in [0, 0.05) is 25.2 Å². The number of nitrogens with one attached hydrogen (secondary N) is 1. The van der Waals surface area contributed by atoms with Gasteiger partial charge in [0.1, 0.15) is 5.75 Å². The number of hydrogen-bond acceptors (Lipinski definition) is 3. The number of rotatable bonds is 2. The molecule has 1 aliphatic heterocycles. The molecule has 1 amide bonds. The van der Waals surface area contributed by atoms with E-state index in [4.69, 9.17) is 0 Å². The van der Waals surface area contributed by atoms with Crippen molar-refractivity contribution in [3.8, 4) is 5.75 Å². The van der Waals surface area contributed by atoms with Crippen LogP contribution in [-0.2, 0) is 11.2 Å². The van der Waals surface area contributed by atoms with Crippen molar-refractivity contribution in [1.82, 2.24) is 10.2 Å². The van der Waals surface area contributed by atoms with Crippen LogP contribution in [0.15, 0.2) is 24.3 Å². The molecule has 0 unspecified atom stereocenters. The third kappa shape index (κ3) is 3.20. The summed E-state index contributed by atoms with van der Waals surface area (Å²) in [5.74, 6) is 0.295. The maximum atomic E-state index is 12.1. The summed E-state index contributed by atoms with van der Waals surface area (Å²) in [4.78, 5) is 13.9. The maximum Gasteiger partial charge on any atom is 0.227 e. The summed E-state index contributed by atoms with van der Waals surface area (Å²) >= 11 is 0. The van der Waals surface area contributed by atoms with Gasteiger partial charge in [-0.3, -0.25) is 4.79 Å². The van der Waals surface area contributed by atoms with Gasteiger partial charge in [-0.1, -0.05) is 18.2 Å². The Hall–Kier alpha value is -1.55. The molecule has 0 aromatic heterocycles. The molecular formula is C13H18N2O2. The molecule has 1 fully saturated rings. The molecule has 0 atom stereocenters. The van der Waals surface area contributed by atoms with Gasteiger partial charge in [0.25, 0.3) is 0 Å². The molecule has 0 aliphatic carbocycles. The standard InChI is InChI=1S/C13H18N2O2/c16-12-5-2-1-4-11(12)10-13(17)15-8-3-6-14-7-9-15/h1-2,4-5,14,16H,3,6-10H2. The lowest BCUT2D eigenvalue weighted by atomic mass is 10.1. The average Bonchev–Trinajstić information content (AvgIpc) is 2.61. The number of phenolic OH excluding ortho intramolecular Hbond substituents is 1. The summed E-state index contributed by atoms with van der Waals surface area (Å²) in [6, 6.07) is 7.02. The number of hydrogen-bond donors (Lipinski definition) is 2. The molecule has 1 heterocycles. The lowest BCUT2D eigenvalue weighted by Crippen LogP contribution is -2.35. The van der Waals surface area contributed by atoms with Gasteiger partial charge in [-0.2, -0.15) is 0 Å². The zero-order valence-electron chi connectivity index (χ0n) is 9.85. The van der Waals surface area contributed by atoms with Gasteiger partial charge >= 0.3 is 0 Å². The number of carbonyl (C=O) groups is 1. The molecule has 17 heavy (non-hydrogen) atoms. The number of amides is 1. The molecule has 1 aromatic rings. The Morgan fingerprint density at radius 2 is 2.12 bits per heavy atom. The van der Waals surface area contributed by atoms with Crippen molar-refractivity contribution in [2.24, 2.45) is 0 Å². The molecule has 92 valence electrons. The highest BCUT2D eigenvalue weighted by molar-refractivity contribution is 5.79. The highest BCUT2D eigenvalue weighted by atomic mass is 16.3. The molecule has 0 spiro atoms. The van der Waals surface area contributed by atoms with Crippen LogP contribution in [0, 0.1) is 0 Å². The van der Waals surface area contributed by atoms with Gasteiger partial charge in [0.2, 0.25) is 5.91 Å². The number of phenols is 1. The van der Waals surface area contributed by atoms with Crippen LogP contribution in [0.25, 0.3) is 0 Å². The summed E-state index contributed by atoms with van der Waals surface area (Å²) in [5.41, 5.74) is 0.703. The van der Waals surface area contributed by atoms with Crippen molar-refractivity contribution in [2.45, 2.75) is 12.8 Å². The van der Waals surface area contributed by atoms with E-state index in [-0.39, 0.29) is 18.1 Å². The van der Waals surface area contributed by atoms with Gasteiger partial charge in [-0.25, -0.2) is 0 Å². The lowest BCUT2D eigenvalue weighted by molar-refractivity contribution is -0.130. The summed E-state index contributed by atoms with van der Waals surface area (Å²) in [6.45, 7) is 3.39. The number of carbonyl (C=O) groups excluding carboxylic acids is 1. The Bertz CT molecular complexity index is 385. The average molecular weight is 234 g/mol. The quantitative estimate of drug-likeness (QED) is 0.794. The van der Waals surface area contributed by atoms with E-state index in [0.29, 0.717) is 5.56 Å². The van der Waals surface area contributed by atoms with Crippen molar-refractivity contribution in [3.63, 3.8) is 0 Å². The lowest BCUT2D eigenvalue weighted by Gasteiger charge is -2.20. The molecular weight excluding hydrogens is 216 g/mol. The predicted octanol–water partition coefficient (Wildman–Crippen LogP) is 0.757. The zero-order valence-corrected chi connectivity index (χ0v) is 9.85. The molecule has 1 aliphatic rings. The molecule has 0 radical (unpaired) electrons. The Morgan fingerprint density at radius 1 is 1.29 bits per heavy atom. The van der Waals surface area contributed by atoms with Crippen molar-refractivity contribution < 1.29 is 9.90 Å². The van der Waals surface area contributed by atoms with Gasteiger partial charge < -0.3 is 15.3 Å². The van der Waals surface area contributed by atoms with E-state index in [1.807, 2.05) is 11.0 Å². The Balaban J connectivity index is 1.98. The van der Waals surface area contributed by atoms with E-state index in [1.54, 1.807) is 18.2 Å². The van der Waals surface area contributed by atoms with Crippen molar-refractivity contribution in [3.05, 3.63) is 29.8 Å². The summed E-state index contributed by atoms with van der Waals surface area (Å²) in [5, 5.41) is 12.9. The number of benzene rings is 1. The molecule has 4 heteroatoms. The van der Waals surface area contributed by atoms with Crippen LogP contribution in [0.3, 0.4) is 0 Å². The number of nitrogens with zero attached hydrogens (tertiary/aromatic N) is 1. The smallest absolute Gasteiger partial charge is 0.227 e. The minimum absolute atomic E-state index is 0.0928. The Morgan fingerprint density at radius 3 is 2.94 bits per heavy atom. The van der Waals surface area contributed by atoms with Gasteiger partial charge in [0.05, 0.1) is 6.42 Å². The predicted molar refractivity (Wildman–Crippen MR) is 65.9 cm³/mol. The molecule has 4 nitrogen and oxygen atoms in total. The highest BCUT2D eigenvalue weighted by Gasteiger charge is 2.16. The van der Waals surface area contributed by atoms with E-state index >= 15 is 0 Å². The Kier molecular flexibility index (Phi) is 3.98. The van der Waals surface area contributed by atoms with Gasteiger partial charge in [-0.05, 0) is 19.0 Å². The first-order valence-electron chi connectivity index (χ1n) is 6.03. The van der Waals surface area contributed by atoms with E-state index in [9.17, 15) is 9.90 Å². The van der Waals surface area contributed by atoms with Crippen LogP contribution in [0.4, 0.5) is 0 Å². The second-order valence-corrected chi connectivity index (χ2v) is 4.29. The van der Waals surface area contributed by atoms with E-state index in [0.717, 1.165) is 32.6 Å². The molecule has 0 bridgehead atoms. The minimum Gasteiger partial charge on any atom is -0.508 e. The first-order chi connectivity index (χ1) is 8.27. The SMILES string of the molecule is O=C(Cc1ccccc1O)N1CCCNCC1. The van der Waals surface area contributed by atoms with E-state index < -0.39 is 0 Å². The van der Waals surface area contributed by atoms with Crippen LogP contribution in [0.1, 0.15) is 12.0 Å². The number of aromatic hydroxyl groups is 1. The largest absolute Gasteiger partial charge is 0.508 e. The topological polar surface area (TPSA) is 52.6 Å². The summed E-state index contributed by atoms with van der Waals surface area (Å²) in [7, 11) is 0. The molecule has 0 saturated carbocycles. The van der Waals surface area contributed by atoms with Gasteiger partial charge in [0.15, 0.2) is 0 Å². The summed E-state index contributed by atoms with van der Waals surface area (Å²) < 4.78 is 0. The van der Waals surface area contributed by atoms with Gasteiger partial charge in [-0.15, -0.1) is 0 Å². The van der Waals surface area contributed by atoms with E-state index in [2.05, 4.69) is 5.32 Å². The first kappa shape index (κ1) is 11.9. The summed E-state index contributed by atoms with van der Waals surface area (Å²) in [6.07, 6.45) is 1.28. The second-order valence-electron chi connectivity index (χ2n) is 4.29. The maximum absolute atomic E-state index is 12.1. The van der Waals surface area contributed by atoms with Crippen molar-refractivity contribution in [2.75, 3.05) is 26.2 Å². The fraction of sp³-hybridized carbons (Fsp3) is 0.462. The fourth-order valence-electron chi connectivity index (χ4n) is 2.03. The fourth-order valence-corrected chi connectivity index (χ4v) is 2.03. The molecule has 1 aromatic carbocycles. The first-order valence-corrected chi connectivity index (χ1v) is 6.03. The van der Waals surface area contributed by atoms with Crippen LogP contribution < -0.4 is 5.32 Å². The minimum atomic E-state index is 0.0928. The Labute approximate surface area is 101 Å². The third-order valence-electron chi connectivity index (χ3n) is 3.03. The molecule has 2 N–H and O–H groups in total. The normalized spacial score (nSPS) is 16.6. The van der Waals surface area contributed by atoms with Crippen LogP contribution >= 0.6 is 0 Å². The second kappa shape index (κ2) is 5.68. The molecule has 2 rings (SSSR count).